The lowest BCUT2D eigenvalue weighted by atomic mass is 9.99. The van der Waals surface area contributed by atoms with Crippen molar-refractivity contribution in [2.45, 2.75) is 19.9 Å². The van der Waals surface area contributed by atoms with Crippen molar-refractivity contribution in [2.75, 3.05) is 16.8 Å². The zero-order chi connectivity index (χ0) is 20.7. The number of hydrogen-bond donors (Lipinski definition) is 2. The lowest BCUT2D eigenvalue weighted by Gasteiger charge is -2.31. The van der Waals surface area contributed by atoms with Crippen molar-refractivity contribution in [2.24, 2.45) is 0 Å². The SMILES string of the molecule is Cc1cc(F)ccc1Nc1nc(N2CCc3ccccc3C2)c2c(O)cccc2n1. The molecule has 6 heteroatoms. The van der Waals surface area contributed by atoms with E-state index in [0.717, 1.165) is 24.2 Å². The Morgan fingerprint density at radius 2 is 1.83 bits per heavy atom. The van der Waals surface area contributed by atoms with Crippen LogP contribution in [0.2, 0.25) is 0 Å². The van der Waals surface area contributed by atoms with Gasteiger partial charge in [-0.15, -0.1) is 0 Å². The molecule has 2 N–H and O–H groups in total. The predicted octanol–water partition coefficient (Wildman–Crippen LogP) is 5.09. The van der Waals surface area contributed by atoms with Crippen LogP contribution in [0.4, 0.5) is 21.8 Å². The van der Waals surface area contributed by atoms with Gasteiger partial charge in [0.1, 0.15) is 17.4 Å². The Balaban J connectivity index is 1.60. The predicted molar refractivity (Wildman–Crippen MR) is 117 cm³/mol. The van der Waals surface area contributed by atoms with Crippen molar-refractivity contribution < 1.29 is 9.50 Å². The normalized spacial score (nSPS) is 13.3. The van der Waals surface area contributed by atoms with E-state index in [-0.39, 0.29) is 11.6 Å². The molecule has 1 aliphatic rings. The summed E-state index contributed by atoms with van der Waals surface area (Å²) in [5, 5.41) is 14.4. The molecule has 0 saturated heterocycles. The number of anilines is 3. The first-order valence-corrected chi connectivity index (χ1v) is 9.93. The highest BCUT2D eigenvalue weighted by molar-refractivity contribution is 5.95. The van der Waals surface area contributed by atoms with Crippen LogP contribution in [0.1, 0.15) is 16.7 Å². The van der Waals surface area contributed by atoms with Gasteiger partial charge in [-0.2, -0.15) is 4.98 Å². The molecule has 1 aromatic heterocycles. The van der Waals surface area contributed by atoms with Crippen molar-refractivity contribution in [1.29, 1.82) is 0 Å². The molecular formula is C24H21FN4O. The van der Waals surface area contributed by atoms with Gasteiger partial charge in [0, 0.05) is 18.8 Å². The van der Waals surface area contributed by atoms with E-state index in [9.17, 15) is 9.50 Å². The maximum absolute atomic E-state index is 13.5. The molecule has 0 radical (unpaired) electrons. The van der Waals surface area contributed by atoms with Crippen LogP contribution < -0.4 is 10.2 Å². The summed E-state index contributed by atoms with van der Waals surface area (Å²) in [6.07, 6.45) is 0.912. The smallest absolute Gasteiger partial charge is 0.229 e. The highest BCUT2D eigenvalue weighted by atomic mass is 19.1. The van der Waals surface area contributed by atoms with Gasteiger partial charge in [-0.1, -0.05) is 30.3 Å². The molecule has 0 atom stereocenters. The van der Waals surface area contributed by atoms with Crippen LogP contribution in [-0.2, 0) is 13.0 Å². The van der Waals surface area contributed by atoms with E-state index in [1.807, 2.05) is 19.1 Å². The monoisotopic (exact) mass is 400 g/mol. The van der Waals surface area contributed by atoms with Crippen LogP contribution in [0.3, 0.4) is 0 Å². The molecule has 4 aromatic rings. The van der Waals surface area contributed by atoms with Crippen molar-refractivity contribution in [3.05, 3.63) is 83.2 Å². The molecule has 0 unspecified atom stereocenters. The minimum atomic E-state index is -0.282. The molecule has 0 fully saturated rings. The Hall–Kier alpha value is -3.67. The van der Waals surface area contributed by atoms with Crippen LogP contribution >= 0.6 is 0 Å². The molecule has 2 heterocycles. The number of nitrogens with zero attached hydrogens (tertiary/aromatic N) is 3. The number of aromatic hydroxyl groups is 1. The zero-order valence-corrected chi connectivity index (χ0v) is 16.6. The van der Waals surface area contributed by atoms with Crippen molar-refractivity contribution in [3.63, 3.8) is 0 Å². The fourth-order valence-electron chi connectivity index (χ4n) is 3.99. The van der Waals surface area contributed by atoms with Crippen LogP contribution in [0, 0.1) is 12.7 Å². The number of rotatable bonds is 3. The highest BCUT2D eigenvalue weighted by Crippen LogP contribution is 2.35. The van der Waals surface area contributed by atoms with Gasteiger partial charge in [0.05, 0.1) is 10.9 Å². The van der Waals surface area contributed by atoms with Crippen molar-refractivity contribution in [3.8, 4) is 5.75 Å². The third kappa shape index (κ3) is 3.30. The topological polar surface area (TPSA) is 61.3 Å². The lowest BCUT2D eigenvalue weighted by molar-refractivity contribution is 0.481. The summed E-state index contributed by atoms with van der Waals surface area (Å²) in [7, 11) is 0. The quantitative estimate of drug-likeness (QED) is 0.502. The third-order valence-electron chi connectivity index (χ3n) is 5.55. The number of aromatic nitrogens is 2. The summed E-state index contributed by atoms with van der Waals surface area (Å²) >= 11 is 0. The van der Waals surface area contributed by atoms with Crippen molar-refractivity contribution in [1.82, 2.24) is 9.97 Å². The first kappa shape index (κ1) is 18.4. The number of nitrogens with one attached hydrogen (secondary N) is 1. The molecule has 5 rings (SSSR count). The fourth-order valence-corrected chi connectivity index (χ4v) is 3.99. The summed E-state index contributed by atoms with van der Waals surface area (Å²) in [4.78, 5) is 11.5. The molecule has 30 heavy (non-hydrogen) atoms. The third-order valence-corrected chi connectivity index (χ3v) is 5.55. The van der Waals surface area contributed by atoms with Gasteiger partial charge >= 0.3 is 0 Å². The average molecular weight is 400 g/mol. The standard InChI is InChI=1S/C24H21FN4O/c1-15-13-18(25)9-10-19(15)26-24-27-20-7-4-8-21(30)22(20)23(28-24)29-12-11-16-5-2-3-6-17(16)14-29/h2-10,13,30H,11-12,14H2,1H3,(H,26,27,28). The molecular weight excluding hydrogens is 379 g/mol. The van der Waals surface area contributed by atoms with Crippen LogP contribution in [-0.4, -0.2) is 21.6 Å². The van der Waals surface area contributed by atoms with Gasteiger partial charge in [-0.3, -0.25) is 0 Å². The second kappa shape index (κ2) is 7.30. The molecule has 0 saturated carbocycles. The Morgan fingerprint density at radius 1 is 1.00 bits per heavy atom. The number of phenols is 1. The summed E-state index contributed by atoms with van der Waals surface area (Å²) in [5.74, 6) is 0.979. The molecule has 3 aromatic carbocycles. The van der Waals surface area contributed by atoms with E-state index >= 15 is 0 Å². The van der Waals surface area contributed by atoms with Gasteiger partial charge < -0.3 is 15.3 Å². The van der Waals surface area contributed by atoms with E-state index in [2.05, 4.69) is 33.4 Å². The Labute approximate surface area is 173 Å². The van der Waals surface area contributed by atoms with Crippen LogP contribution in [0.25, 0.3) is 10.9 Å². The van der Waals surface area contributed by atoms with E-state index in [4.69, 9.17) is 4.98 Å². The maximum Gasteiger partial charge on any atom is 0.229 e. The first-order valence-electron chi connectivity index (χ1n) is 9.93. The van der Waals surface area contributed by atoms with Gasteiger partial charge in [0.2, 0.25) is 5.95 Å². The molecule has 5 nitrogen and oxygen atoms in total. The molecule has 0 bridgehead atoms. The second-order valence-corrected chi connectivity index (χ2v) is 7.57. The Bertz CT molecular complexity index is 1260. The Morgan fingerprint density at radius 3 is 2.67 bits per heavy atom. The maximum atomic E-state index is 13.5. The van der Waals surface area contributed by atoms with Gasteiger partial charge in [0.15, 0.2) is 0 Å². The Kier molecular flexibility index (Phi) is 4.47. The molecule has 1 aliphatic heterocycles. The number of halogens is 1. The van der Waals surface area contributed by atoms with E-state index in [1.165, 1.54) is 23.3 Å². The summed E-state index contributed by atoms with van der Waals surface area (Å²) in [5.41, 5.74) is 4.77. The summed E-state index contributed by atoms with van der Waals surface area (Å²) < 4.78 is 13.5. The van der Waals surface area contributed by atoms with Crippen LogP contribution in [0.5, 0.6) is 5.75 Å². The largest absolute Gasteiger partial charge is 0.507 e. The number of benzene rings is 3. The molecule has 0 spiro atoms. The van der Waals surface area contributed by atoms with E-state index in [0.29, 0.717) is 29.2 Å². The number of hydrogen-bond acceptors (Lipinski definition) is 5. The number of aryl methyl sites for hydroxylation is 1. The van der Waals surface area contributed by atoms with E-state index in [1.54, 1.807) is 18.2 Å². The lowest BCUT2D eigenvalue weighted by Crippen LogP contribution is -2.31. The first-order chi connectivity index (χ1) is 14.6. The van der Waals surface area contributed by atoms with Gasteiger partial charge in [0.25, 0.3) is 0 Å². The minimum Gasteiger partial charge on any atom is -0.507 e. The number of phenolic OH excluding ortho intramolecular Hbond substituents is 1. The van der Waals surface area contributed by atoms with E-state index < -0.39 is 0 Å². The fraction of sp³-hybridized carbons (Fsp3) is 0.167. The zero-order valence-electron chi connectivity index (χ0n) is 16.6. The van der Waals surface area contributed by atoms with Gasteiger partial charge in [-0.05, 0) is 60.4 Å². The van der Waals surface area contributed by atoms with Crippen molar-refractivity contribution >= 4 is 28.4 Å². The summed E-state index contributed by atoms with van der Waals surface area (Å²) in [6, 6.07) is 18.2. The second-order valence-electron chi connectivity index (χ2n) is 7.57. The molecule has 150 valence electrons. The highest BCUT2D eigenvalue weighted by Gasteiger charge is 2.22. The molecule has 0 amide bonds. The van der Waals surface area contributed by atoms with Gasteiger partial charge in [-0.25, -0.2) is 9.37 Å². The minimum absolute atomic E-state index is 0.158. The summed E-state index contributed by atoms with van der Waals surface area (Å²) in [6.45, 7) is 3.35. The molecule has 0 aliphatic carbocycles. The van der Waals surface area contributed by atoms with Crippen LogP contribution in [0.15, 0.2) is 60.7 Å². The average Bonchev–Trinajstić information content (AvgIpc) is 2.75. The number of fused-ring (bicyclic) bond motifs is 2.